The van der Waals surface area contributed by atoms with Gasteiger partial charge in [0.25, 0.3) is 0 Å². The van der Waals surface area contributed by atoms with Gasteiger partial charge in [-0.2, -0.15) is 0 Å². The summed E-state index contributed by atoms with van der Waals surface area (Å²) in [6.45, 7) is 0. The number of fused-ring (bicyclic) bond motifs is 3. The van der Waals surface area contributed by atoms with Gasteiger partial charge in [0.2, 0.25) is 5.78 Å². The van der Waals surface area contributed by atoms with Crippen molar-refractivity contribution in [2.45, 2.75) is 0 Å². The molecular formula is C31H20N6. The van der Waals surface area contributed by atoms with Crippen LogP contribution in [-0.4, -0.2) is 29.3 Å². The average Bonchev–Trinajstić information content (AvgIpc) is 3.36. The van der Waals surface area contributed by atoms with Crippen LogP contribution in [0.2, 0.25) is 0 Å². The minimum absolute atomic E-state index is 0.613. The summed E-state index contributed by atoms with van der Waals surface area (Å²) < 4.78 is 2.01. The smallest absolute Gasteiger partial charge is 0.235 e. The second-order valence-corrected chi connectivity index (χ2v) is 8.70. The highest BCUT2D eigenvalue weighted by Crippen LogP contribution is 2.28. The molecule has 0 amide bonds. The lowest BCUT2D eigenvalue weighted by atomic mass is 10.1. The topological polar surface area (TPSA) is 68.9 Å². The fraction of sp³-hybridized carbons (Fsp3) is 0. The quantitative estimate of drug-likeness (QED) is 0.282. The van der Waals surface area contributed by atoms with Crippen LogP contribution in [0.3, 0.4) is 0 Å². The van der Waals surface area contributed by atoms with E-state index in [1.807, 2.05) is 120 Å². The van der Waals surface area contributed by atoms with Crippen LogP contribution in [0.15, 0.2) is 121 Å². The summed E-state index contributed by atoms with van der Waals surface area (Å²) in [7, 11) is 0. The van der Waals surface area contributed by atoms with E-state index < -0.39 is 0 Å². The molecule has 37 heavy (non-hydrogen) atoms. The highest BCUT2D eigenvalue weighted by atomic mass is 15.1. The maximum absolute atomic E-state index is 4.85. The van der Waals surface area contributed by atoms with E-state index in [0.717, 1.165) is 39.0 Å². The molecule has 0 unspecified atom stereocenters. The lowest BCUT2D eigenvalue weighted by Crippen LogP contribution is -2.00. The first-order valence-corrected chi connectivity index (χ1v) is 12.0. The van der Waals surface area contributed by atoms with Crippen molar-refractivity contribution in [2.75, 3.05) is 0 Å². The summed E-state index contributed by atoms with van der Waals surface area (Å²) in [5, 5.41) is 0. The van der Waals surface area contributed by atoms with Gasteiger partial charge in [-0.1, -0.05) is 91.0 Å². The van der Waals surface area contributed by atoms with Gasteiger partial charge in [0.05, 0.1) is 16.7 Å². The molecule has 0 radical (unpaired) electrons. The Hall–Kier alpha value is -5.23. The summed E-state index contributed by atoms with van der Waals surface area (Å²) >= 11 is 0. The van der Waals surface area contributed by atoms with Crippen molar-refractivity contribution in [1.29, 1.82) is 0 Å². The summed E-state index contributed by atoms with van der Waals surface area (Å²) in [6, 6.07) is 38.2. The van der Waals surface area contributed by atoms with Crippen LogP contribution in [0, 0.1) is 0 Å². The van der Waals surface area contributed by atoms with Crippen molar-refractivity contribution < 1.29 is 0 Å². The van der Waals surface area contributed by atoms with Crippen molar-refractivity contribution in [1.82, 2.24) is 29.3 Å². The largest absolute Gasteiger partial charge is 0.284 e. The Morgan fingerprint density at radius 3 is 1.70 bits per heavy atom. The molecule has 3 heterocycles. The summed E-state index contributed by atoms with van der Waals surface area (Å²) in [4.78, 5) is 24.0. The van der Waals surface area contributed by atoms with Crippen LogP contribution >= 0.6 is 0 Å². The predicted molar refractivity (Wildman–Crippen MR) is 146 cm³/mol. The molecule has 4 aromatic carbocycles. The Morgan fingerprint density at radius 1 is 0.432 bits per heavy atom. The van der Waals surface area contributed by atoms with Crippen molar-refractivity contribution in [3.8, 4) is 45.4 Å². The number of para-hydroxylation sites is 2. The molecule has 3 aromatic heterocycles. The van der Waals surface area contributed by atoms with E-state index in [-0.39, 0.29) is 0 Å². The van der Waals surface area contributed by atoms with E-state index in [4.69, 9.17) is 24.9 Å². The second-order valence-electron chi connectivity index (χ2n) is 8.70. The monoisotopic (exact) mass is 476 g/mol. The normalized spacial score (nSPS) is 11.2. The molecule has 174 valence electrons. The Labute approximate surface area is 213 Å². The standard InChI is InChI=1S/C31H20N6/c1-3-10-21(11-4-1)28-34-29(22-12-5-2-6-13-22)36-30(35-28)24-15-9-14-23(20-24)25-18-19-37-27-17-8-7-16-26(27)33-31(37)32-25/h1-20H. The van der Waals surface area contributed by atoms with Crippen LogP contribution < -0.4 is 0 Å². The number of benzene rings is 4. The van der Waals surface area contributed by atoms with Gasteiger partial charge in [0.15, 0.2) is 17.5 Å². The van der Waals surface area contributed by atoms with Crippen LogP contribution in [0.5, 0.6) is 0 Å². The van der Waals surface area contributed by atoms with E-state index in [9.17, 15) is 0 Å². The average molecular weight is 477 g/mol. The van der Waals surface area contributed by atoms with E-state index in [1.54, 1.807) is 0 Å². The number of imidazole rings is 1. The highest BCUT2D eigenvalue weighted by Gasteiger charge is 2.13. The Balaban J connectivity index is 1.35. The minimum atomic E-state index is 0.613. The second kappa shape index (κ2) is 8.77. The molecule has 0 fully saturated rings. The number of hydrogen-bond acceptors (Lipinski definition) is 5. The van der Waals surface area contributed by atoms with Gasteiger partial charge >= 0.3 is 0 Å². The van der Waals surface area contributed by atoms with Crippen molar-refractivity contribution in [3.63, 3.8) is 0 Å². The maximum atomic E-state index is 4.85. The summed E-state index contributed by atoms with van der Waals surface area (Å²) in [5.41, 5.74) is 6.55. The first-order valence-electron chi connectivity index (χ1n) is 12.0. The molecule has 7 rings (SSSR count). The van der Waals surface area contributed by atoms with E-state index >= 15 is 0 Å². The van der Waals surface area contributed by atoms with Gasteiger partial charge in [-0.15, -0.1) is 0 Å². The molecule has 0 aliphatic rings. The first-order chi connectivity index (χ1) is 18.3. The molecule has 0 aliphatic carbocycles. The van der Waals surface area contributed by atoms with Gasteiger partial charge < -0.3 is 0 Å². The maximum Gasteiger partial charge on any atom is 0.235 e. The van der Waals surface area contributed by atoms with Crippen molar-refractivity contribution >= 4 is 16.8 Å². The van der Waals surface area contributed by atoms with Gasteiger partial charge in [-0.3, -0.25) is 4.40 Å². The van der Waals surface area contributed by atoms with E-state index in [2.05, 4.69) is 6.07 Å². The SMILES string of the molecule is c1ccc(-c2nc(-c3ccccc3)nc(-c3cccc(-c4ccn5c(n4)nc4ccccc45)c3)n2)cc1. The van der Waals surface area contributed by atoms with Gasteiger partial charge in [-0.25, -0.2) is 24.9 Å². The lowest BCUT2D eigenvalue weighted by Gasteiger charge is -2.09. The molecule has 7 aromatic rings. The van der Waals surface area contributed by atoms with E-state index in [1.165, 1.54) is 0 Å². The van der Waals surface area contributed by atoms with E-state index in [0.29, 0.717) is 23.3 Å². The van der Waals surface area contributed by atoms with Gasteiger partial charge in [0, 0.05) is 28.5 Å². The zero-order valence-corrected chi connectivity index (χ0v) is 19.7. The molecule has 0 N–H and O–H groups in total. The molecule has 0 bridgehead atoms. The third kappa shape index (κ3) is 3.90. The van der Waals surface area contributed by atoms with Gasteiger partial charge in [0.1, 0.15) is 0 Å². The zero-order chi connectivity index (χ0) is 24.6. The summed E-state index contributed by atoms with van der Waals surface area (Å²) in [5.74, 6) is 2.56. The first kappa shape index (κ1) is 21.1. The third-order valence-electron chi connectivity index (χ3n) is 6.30. The number of rotatable bonds is 4. The van der Waals surface area contributed by atoms with Gasteiger partial charge in [-0.05, 0) is 24.3 Å². The number of aromatic nitrogens is 6. The molecular weight excluding hydrogens is 456 g/mol. The number of nitrogens with zero attached hydrogens (tertiary/aromatic N) is 6. The van der Waals surface area contributed by atoms with Crippen molar-refractivity contribution in [3.05, 3.63) is 121 Å². The van der Waals surface area contributed by atoms with Crippen LogP contribution in [0.4, 0.5) is 0 Å². The minimum Gasteiger partial charge on any atom is -0.284 e. The summed E-state index contributed by atoms with van der Waals surface area (Å²) in [6.07, 6.45) is 2.02. The fourth-order valence-electron chi connectivity index (χ4n) is 4.46. The Kier molecular flexibility index (Phi) is 5.00. The lowest BCUT2D eigenvalue weighted by molar-refractivity contribution is 1.07. The predicted octanol–water partition coefficient (Wildman–Crippen LogP) is 6.74. The molecule has 0 aliphatic heterocycles. The van der Waals surface area contributed by atoms with Crippen LogP contribution in [-0.2, 0) is 0 Å². The van der Waals surface area contributed by atoms with Crippen molar-refractivity contribution in [2.24, 2.45) is 0 Å². The van der Waals surface area contributed by atoms with Crippen LogP contribution in [0.1, 0.15) is 0 Å². The molecule has 0 atom stereocenters. The molecule has 0 saturated heterocycles. The third-order valence-corrected chi connectivity index (χ3v) is 6.30. The van der Waals surface area contributed by atoms with Crippen LogP contribution in [0.25, 0.3) is 62.2 Å². The molecule has 0 saturated carbocycles. The molecule has 6 heteroatoms. The molecule has 6 nitrogen and oxygen atoms in total. The Morgan fingerprint density at radius 2 is 1.00 bits per heavy atom. The highest BCUT2D eigenvalue weighted by molar-refractivity contribution is 5.80. The fourth-order valence-corrected chi connectivity index (χ4v) is 4.46. The molecule has 0 spiro atoms. The Bertz CT molecular complexity index is 1820. The zero-order valence-electron chi connectivity index (χ0n) is 19.7. The number of hydrogen-bond donors (Lipinski definition) is 0.